The van der Waals surface area contributed by atoms with E-state index in [1.165, 1.54) is 18.1 Å². The molecule has 2 aromatic rings. The van der Waals surface area contributed by atoms with E-state index in [1.54, 1.807) is 29.3 Å². The summed E-state index contributed by atoms with van der Waals surface area (Å²) in [5, 5.41) is 15.8. The first-order valence-corrected chi connectivity index (χ1v) is 13.0. The van der Waals surface area contributed by atoms with Gasteiger partial charge in [0.25, 0.3) is 5.92 Å². The van der Waals surface area contributed by atoms with Crippen molar-refractivity contribution in [2.75, 3.05) is 40.0 Å². The fraction of sp³-hybridized carbons (Fsp3) is 0.667. The van der Waals surface area contributed by atoms with Crippen LogP contribution in [0.1, 0.15) is 32.1 Å². The summed E-state index contributed by atoms with van der Waals surface area (Å²) in [7, 11) is 3.76. The molecule has 4 rings (SSSR count). The third-order valence-electron chi connectivity index (χ3n) is 6.52. The molecule has 0 aliphatic carbocycles. The summed E-state index contributed by atoms with van der Waals surface area (Å²) in [6.07, 6.45) is 3.40. The van der Waals surface area contributed by atoms with Crippen LogP contribution in [0.4, 0.5) is 8.78 Å². The third kappa shape index (κ3) is 5.70. The highest BCUT2D eigenvalue weighted by atomic mass is 32.2. The molecule has 11 heteroatoms. The predicted octanol–water partition coefficient (Wildman–Crippen LogP) is 3.08. The van der Waals surface area contributed by atoms with Crippen LogP contribution in [0.25, 0.3) is 5.52 Å². The van der Waals surface area contributed by atoms with Gasteiger partial charge in [0.2, 0.25) is 0 Å². The van der Waals surface area contributed by atoms with Crippen LogP contribution in [-0.2, 0) is 9.47 Å². The average Bonchev–Trinajstić information content (AvgIpc) is 3.40. The maximum absolute atomic E-state index is 14.4. The molecule has 1 N–H and O–H groups in total. The van der Waals surface area contributed by atoms with Gasteiger partial charge in [-0.05, 0) is 46.3 Å². The molecule has 0 amide bonds. The molecule has 35 heavy (non-hydrogen) atoms. The number of likely N-dealkylation sites (N-methyl/N-ethyl adjacent to an activating group) is 1. The number of fused-ring (bicyclic) bond motifs is 1. The smallest absolute Gasteiger partial charge is 0.262 e. The molecule has 4 heterocycles. The van der Waals surface area contributed by atoms with E-state index in [9.17, 15) is 13.9 Å². The van der Waals surface area contributed by atoms with Gasteiger partial charge in [0.05, 0.1) is 30.0 Å². The predicted molar refractivity (Wildman–Crippen MR) is 131 cm³/mol. The molecule has 0 spiro atoms. The van der Waals surface area contributed by atoms with E-state index in [0.717, 1.165) is 16.2 Å². The summed E-state index contributed by atoms with van der Waals surface area (Å²) >= 11 is 1.52. The number of ether oxygens (including phenoxy) is 2. The lowest BCUT2D eigenvalue weighted by Crippen LogP contribution is -2.47. The lowest BCUT2D eigenvalue weighted by Gasteiger charge is -2.33. The molecule has 2 saturated heterocycles. The topological polar surface area (TPSA) is 75.4 Å². The Balaban J connectivity index is 1.67. The largest absolute Gasteiger partial charge is 0.366 e. The first-order chi connectivity index (χ1) is 16.4. The zero-order valence-corrected chi connectivity index (χ0v) is 21.7. The molecule has 0 radical (unpaired) electrons. The molecule has 0 saturated carbocycles. The lowest BCUT2D eigenvalue weighted by atomic mass is 9.93. The Labute approximate surface area is 209 Å². The number of rotatable bonds is 9. The minimum absolute atomic E-state index is 0.193. The zero-order chi connectivity index (χ0) is 25.5. The summed E-state index contributed by atoms with van der Waals surface area (Å²) in [5.41, 5.74) is 1.65. The molecule has 2 aliphatic rings. The number of alkyl halides is 2. The number of aliphatic hydroxyl groups is 1. The van der Waals surface area contributed by atoms with Crippen molar-refractivity contribution in [3.8, 4) is 0 Å². The molecular formula is C24H35F2N5O3S. The Hall–Kier alpha value is -1.63. The maximum atomic E-state index is 14.4. The Morgan fingerprint density at radius 1 is 1.40 bits per heavy atom. The van der Waals surface area contributed by atoms with Gasteiger partial charge in [-0.15, -0.1) is 18.3 Å². The molecular weight excluding hydrogens is 476 g/mol. The average molecular weight is 512 g/mol. The second kappa shape index (κ2) is 10.0. The van der Waals surface area contributed by atoms with Crippen molar-refractivity contribution < 1.29 is 23.4 Å². The summed E-state index contributed by atoms with van der Waals surface area (Å²) in [6.45, 7) is 7.57. The van der Waals surface area contributed by atoms with Crippen molar-refractivity contribution in [2.45, 2.75) is 61.4 Å². The Bertz CT molecular complexity index is 1040. The van der Waals surface area contributed by atoms with Crippen LogP contribution in [0.2, 0.25) is 0 Å². The minimum Gasteiger partial charge on any atom is -0.366 e. The van der Waals surface area contributed by atoms with Crippen LogP contribution in [0.15, 0.2) is 36.1 Å². The highest BCUT2D eigenvalue weighted by Gasteiger charge is 2.51. The van der Waals surface area contributed by atoms with E-state index < -0.39 is 30.0 Å². The van der Waals surface area contributed by atoms with Gasteiger partial charge in [0, 0.05) is 31.5 Å². The minimum atomic E-state index is -2.76. The van der Waals surface area contributed by atoms with Gasteiger partial charge in [0.15, 0.2) is 5.79 Å². The van der Waals surface area contributed by atoms with Gasteiger partial charge < -0.3 is 19.5 Å². The Morgan fingerprint density at radius 3 is 2.77 bits per heavy atom. The molecule has 0 unspecified atom stereocenters. The molecule has 5 atom stereocenters. The second-order valence-electron chi connectivity index (χ2n) is 10.2. The van der Waals surface area contributed by atoms with Crippen LogP contribution in [0, 0.1) is 5.92 Å². The number of likely N-dealkylation sites (tertiary alicyclic amines) is 1. The van der Waals surface area contributed by atoms with Crippen molar-refractivity contribution in [3.63, 3.8) is 0 Å². The highest BCUT2D eigenvalue weighted by molar-refractivity contribution is 7.98. The summed E-state index contributed by atoms with van der Waals surface area (Å²) in [6, 6.07) is 3.57. The molecule has 2 aliphatic heterocycles. The normalized spacial score (nSPS) is 29.5. The van der Waals surface area contributed by atoms with E-state index in [2.05, 4.69) is 16.7 Å². The molecule has 194 valence electrons. The van der Waals surface area contributed by atoms with Crippen molar-refractivity contribution in [3.05, 3.63) is 36.8 Å². The molecule has 8 nitrogen and oxygen atoms in total. The highest BCUT2D eigenvalue weighted by Crippen LogP contribution is 2.44. The summed E-state index contributed by atoms with van der Waals surface area (Å²) in [4.78, 5) is 8.04. The second-order valence-corrected chi connectivity index (χ2v) is 11.0. The van der Waals surface area contributed by atoms with Crippen LogP contribution < -0.4 is 0 Å². The number of hydrogen-bond donors (Lipinski definition) is 1. The van der Waals surface area contributed by atoms with Crippen LogP contribution >= 0.6 is 11.8 Å². The van der Waals surface area contributed by atoms with Crippen molar-refractivity contribution in [2.24, 2.45) is 5.92 Å². The Morgan fingerprint density at radius 2 is 2.14 bits per heavy atom. The third-order valence-corrected chi connectivity index (χ3v) is 7.22. The monoisotopic (exact) mass is 511 g/mol. The zero-order valence-electron chi connectivity index (χ0n) is 20.9. The number of halogens is 2. The number of hydrogen-bond acceptors (Lipinski definition) is 8. The summed E-state index contributed by atoms with van der Waals surface area (Å²) in [5.74, 6) is -4.52. The fourth-order valence-corrected chi connectivity index (χ4v) is 5.77. The Kier molecular flexibility index (Phi) is 7.57. The van der Waals surface area contributed by atoms with Gasteiger partial charge in [0.1, 0.15) is 17.5 Å². The van der Waals surface area contributed by atoms with Crippen LogP contribution in [-0.4, -0.2) is 99.4 Å². The van der Waals surface area contributed by atoms with E-state index in [4.69, 9.17) is 9.47 Å². The first kappa shape index (κ1) is 26.4. The van der Waals surface area contributed by atoms with E-state index in [-0.39, 0.29) is 31.5 Å². The number of thioether (sulfide) groups is 1. The fourth-order valence-electron chi connectivity index (χ4n) is 5.25. The van der Waals surface area contributed by atoms with Crippen LogP contribution in [0.5, 0.6) is 0 Å². The van der Waals surface area contributed by atoms with E-state index in [1.807, 2.05) is 37.4 Å². The van der Waals surface area contributed by atoms with E-state index in [0.29, 0.717) is 6.54 Å². The van der Waals surface area contributed by atoms with Crippen molar-refractivity contribution in [1.29, 1.82) is 0 Å². The van der Waals surface area contributed by atoms with Gasteiger partial charge in [-0.25, -0.2) is 18.3 Å². The van der Waals surface area contributed by atoms with Gasteiger partial charge >= 0.3 is 0 Å². The van der Waals surface area contributed by atoms with Crippen molar-refractivity contribution in [1.82, 2.24) is 24.4 Å². The summed E-state index contributed by atoms with van der Waals surface area (Å²) < 4.78 is 43.2. The molecule has 2 fully saturated rings. The van der Waals surface area contributed by atoms with Gasteiger partial charge in [-0.2, -0.15) is 5.10 Å². The number of aromatic nitrogens is 3. The van der Waals surface area contributed by atoms with Crippen molar-refractivity contribution >= 4 is 17.3 Å². The quantitative estimate of drug-likeness (QED) is 0.313. The van der Waals surface area contributed by atoms with E-state index >= 15 is 0 Å². The SMILES string of the molecule is C=C[C@@H]1[C@H](OC(C)(C)O)[C@@H](CN2CC(F)(F)C[C@H]2CN(C)C)O[C@H]1c1ccc2c(SC)ncnn12. The lowest BCUT2D eigenvalue weighted by molar-refractivity contribution is -0.220. The van der Waals surface area contributed by atoms with Gasteiger partial charge in [-0.1, -0.05) is 6.08 Å². The van der Waals surface area contributed by atoms with Crippen LogP contribution in [0.3, 0.4) is 0 Å². The maximum Gasteiger partial charge on any atom is 0.262 e. The standard InChI is InChI=1S/C24H35F2N5O3S/c1-7-16-20(17-8-9-18-22(35-6)27-14-28-31(17)18)33-19(21(16)34-23(2,3)32)12-30-13-24(25,26)10-15(30)11-29(4)5/h7-9,14-16,19-21,32H,1,10-13H2,2-6H3/t15-,16-,19+,20+,21-/m0/s1. The molecule has 0 bridgehead atoms. The molecule has 2 aromatic heterocycles. The van der Waals surface area contributed by atoms with Gasteiger partial charge in [-0.3, -0.25) is 4.90 Å². The molecule has 0 aromatic carbocycles. The first-order valence-electron chi connectivity index (χ1n) is 11.7. The number of nitrogens with zero attached hydrogens (tertiary/aromatic N) is 5.